The van der Waals surface area contributed by atoms with Gasteiger partial charge in [0, 0.05) is 5.56 Å². The highest BCUT2D eigenvalue weighted by Crippen LogP contribution is 2.30. The monoisotopic (exact) mass is 320 g/mol. The van der Waals surface area contributed by atoms with Crippen molar-refractivity contribution in [2.24, 2.45) is 0 Å². The summed E-state index contributed by atoms with van der Waals surface area (Å²) in [5, 5.41) is 0. The van der Waals surface area contributed by atoms with E-state index in [1.807, 2.05) is 30.3 Å². The highest BCUT2D eigenvalue weighted by Gasteiger charge is 2.15. The molecular weight excluding hydrogens is 296 g/mol. The molecule has 1 aromatic carbocycles. The molecule has 1 heterocycles. The Morgan fingerprint density at radius 1 is 0.870 bits per heavy atom. The molecule has 0 aliphatic heterocycles. The lowest BCUT2D eigenvalue weighted by Crippen LogP contribution is -1.95. The van der Waals surface area contributed by atoms with Crippen LogP contribution in [0.15, 0.2) is 30.3 Å². The zero-order valence-electron chi connectivity index (χ0n) is 14.1. The van der Waals surface area contributed by atoms with Crippen LogP contribution in [0.25, 0.3) is 0 Å². The van der Waals surface area contributed by atoms with Gasteiger partial charge in [-0.15, -0.1) is 17.8 Å². The molecule has 1 heteroatoms. The third kappa shape index (κ3) is 4.75. The van der Waals surface area contributed by atoms with E-state index in [9.17, 15) is 0 Å². The minimum atomic E-state index is 1.06. The first-order chi connectivity index (χ1) is 11.3. The summed E-state index contributed by atoms with van der Waals surface area (Å²) < 4.78 is 0. The van der Waals surface area contributed by atoms with Gasteiger partial charge in [-0.3, -0.25) is 0 Å². The molecule has 118 valence electrons. The molecule has 0 bridgehead atoms. The second kappa shape index (κ2) is 9.24. The number of benzene rings is 1. The summed E-state index contributed by atoms with van der Waals surface area (Å²) in [5.41, 5.74) is 3.84. The molecule has 0 atom stereocenters. The first-order valence-corrected chi connectivity index (χ1v) is 9.30. The second-order valence-corrected chi connectivity index (χ2v) is 6.71. The van der Waals surface area contributed by atoms with E-state index < -0.39 is 0 Å². The zero-order chi connectivity index (χ0) is 16.5. The van der Waals surface area contributed by atoms with E-state index in [1.165, 1.54) is 41.7 Å². The molecule has 1 aromatic heterocycles. The molecule has 0 aliphatic carbocycles. The Morgan fingerprint density at radius 2 is 1.48 bits per heavy atom. The van der Waals surface area contributed by atoms with Gasteiger partial charge in [0.1, 0.15) is 0 Å². The van der Waals surface area contributed by atoms with Crippen LogP contribution in [0.3, 0.4) is 0 Å². The fraction of sp³-hybridized carbons (Fsp3) is 0.364. The summed E-state index contributed by atoms with van der Waals surface area (Å²) in [6.07, 6.45) is 12.7. The van der Waals surface area contributed by atoms with E-state index in [0.29, 0.717) is 0 Å². The summed E-state index contributed by atoms with van der Waals surface area (Å²) in [6, 6.07) is 10.2. The molecule has 0 unspecified atom stereocenters. The third-order valence-electron chi connectivity index (χ3n) is 3.90. The maximum absolute atomic E-state index is 5.75. The highest BCUT2D eigenvalue weighted by atomic mass is 32.1. The number of terminal acetylenes is 1. The van der Waals surface area contributed by atoms with Crippen molar-refractivity contribution in [1.82, 2.24) is 0 Å². The lowest BCUT2D eigenvalue weighted by atomic mass is 9.98. The van der Waals surface area contributed by atoms with E-state index in [4.69, 9.17) is 6.42 Å². The van der Waals surface area contributed by atoms with Crippen LogP contribution in [0.4, 0.5) is 0 Å². The molecular formula is C22H24S. The van der Waals surface area contributed by atoms with Crippen molar-refractivity contribution in [2.45, 2.75) is 52.4 Å². The van der Waals surface area contributed by atoms with E-state index in [-0.39, 0.29) is 0 Å². The molecule has 23 heavy (non-hydrogen) atoms. The normalized spacial score (nSPS) is 9.96. The summed E-state index contributed by atoms with van der Waals surface area (Å²) in [5.74, 6) is 9.56. The van der Waals surface area contributed by atoms with Crippen molar-refractivity contribution in [1.29, 1.82) is 0 Å². The van der Waals surface area contributed by atoms with Gasteiger partial charge in [0.15, 0.2) is 0 Å². The van der Waals surface area contributed by atoms with Crippen LogP contribution >= 0.6 is 11.3 Å². The fourth-order valence-electron chi connectivity index (χ4n) is 2.60. The van der Waals surface area contributed by atoms with Gasteiger partial charge in [-0.05, 0) is 48.9 Å². The van der Waals surface area contributed by atoms with Crippen molar-refractivity contribution < 1.29 is 0 Å². The summed E-state index contributed by atoms with van der Waals surface area (Å²) in [7, 11) is 0. The number of thiophene rings is 1. The molecule has 2 rings (SSSR count). The molecule has 0 fully saturated rings. The SMILES string of the molecule is C#Cc1sc(C#Cc2ccccc2)c(CCCC)c1CCCC. The molecule has 0 N–H and O–H groups in total. The molecule has 2 aromatic rings. The van der Waals surface area contributed by atoms with Crippen LogP contribution in [0, 0.1) is 24.2 Å². The number of unbranched alkanes of at least 4 members (excludes halogenated alkanes) is 2. The van der Waals surface area contributed by atoms with E-state index in [2.05, 4.69) is 31.6 Å². The Labute approximate surface area is 145 Å². The Balaban J connectivity index is 2.39. The van der Waals surface area contributed by atoms with Gasteiger partial charge in [-0.1, -0.05) is 62.6 Å². The summed E-state index contributed by atoms with van der Waals surface area (Å²) in [4.78, 5) is 2.25. The van der Waals surface area contributed by atoms with Crippen molar-refractivity contribution in [3.05, 3.63) is 56.8 Å². The van der Waals surface area contributed by atoms with E-state index in [1.54, 1.807) is 11.3 Å². The highest BCUT2D eigenvalue weighted by molar-refractivity contribution is 7.13. The van der Waals surface area contributed by atoms with Crippen LogP contribution in [0.5, 0.6) is 0 Å². The average molecular weight is 321 g/mol. The zero-order valence-corrected chi connectivity index (χ0v) is 14.9. The van der Waals surface area contributed by atoms with Gasteiger partial charge in [0.2, 0.25) is 0 Å². The first-order valence-electron chi connectivity index (χ1n) is 8.48. The van der Waals surface area contributed by atoms with Gasteiger partial charge < -0.3 is 0 Å². The predicted molar refractivity (Wildman–Crippen MR) is 102 cm³/mol. The topological polar surface area (TPSA) is 0 Å². The van der Waals surface area contributed by atoms with Gasteiger partial charge >= 0.3 is 0 Å². The smallest absolute Gasteiger partial charge is 0.0820 e. The van der Waals surface area contributed by atoms with Crippen molar-refractivity contribution in [3.63, 3.8) is 0 Å². The van der Waals surface area contributed by atoms with Crippen LogP contribution in [-0.2, 0) is 12.8 Å². The quantitative estimate of drug-likeness (QED) is 0.589. The summed E-state index contributed by atoms with van der Waals surface area (Å²) >= 11 is 1.70. The standard InChI is InChI=1S/C22H24S/c1-4-7-14-19-20(15-8-5-2)22(23-21(19)6-3)17-16-18-12-10-9-11-13-18/h3,9-13H,4-5,7-8,14-15H2,1-2H3. The fourth-order valence-corrected chi connectivity index (χ4v) is 3.67. The molecule has 0 amide bonds. The molecule has 0 aliphatic rings. The second-order valence-electron chi connectivity index (χ2n) is 5.68. The Morgan fingerprint density at radius 3 is 2.04 bits per heavy atom. The van der Waals surface area contributed by atoms with Crippen molar-refractivity contribution >= 4 is 11.3 Å². The number of hydrogen-bond acceptors (Lipinski definition) is 1. The average Bonchev–Trinajstić information content (AvgIpc) is 2.93. The largest absolute Gasteiger partial charge is 0.117 e. The number of hydrogen-bond donors (Lipinski definition) is 0. The Bertz CT molecular complexity index is 717. The minimum Gasteiger partial charge on any atom is -0.117 e. The third-order valence-corrected chi connectivity index (χ3v) is 5.02. The lowest BCUT2D eigenvalue weighted by Gasteiger charge is -2.05. The van der Waals surface area contributed by atoms with Crippen LogP contribution in [0.2, 0.25) is 0 Å². The summed E-state index contributed by atoms with van der Waals surface area (Å²) in [6.45, 7) is 4.46. The Hall–Kier alpha value is -1.96. The maximum atomic E-state index is 5.75. The van der Waals surface area contributed by atoms with Gasteiger partial charge in [-0.2, -0.15) is 0 Å². The first kappa shape index (κ1) is 17.4. The van der Waals surface area contributed by atoms with Crippen LogP contribution in [-0.4, -0.2) is 0 Å². The molecule has 0 spiro atoms. The maximum Gasteiger partial charge on any atom is 0.0820 e. The van der Waals surface area contributed by atoms with Crippen LogP contribution < -0.4 is 0 Å². The van der Waals surface area contributed by atoms with Crippen molar-refractivity contribution in [3.8, 4) is 24.2 Å². The van der Waals surface area contributed by atoms with Crippen molar-refractivity contribution in [2.75, 3.05) is 0 Å². The predicted octanol–water partition coefficient (Wildman–Crippen LogP) is 5.81. The molecule has 0 nitrogen and oxygen atoms in total. The van der Waals surface area contributed by atoms with E-state index >= 15 is 0 Å². The minimum absolute atomic E-state index is 1.06. The molecule has 0 saturated heterocycles. The Kier molecular flexibility index (Phi) is 6.99. The number of rotatable bonds is 6. The molecule has 0 saturated carbocycles. The van der Waals surface area contributed by atoms with Gasteiger partial charge in [0.25, 0.3) is 0 Å². The lowest BCUT2D eigenvalue weighted by molar-refractivity contribution is 0.760. The van der Waals surface area contributed by atoms with Gasteiger partial charge in [0.05, 0.1) is 9.75 Å². The van der Waals surface area contributed by atoms with Crippen LogP contribution in [0.1, 0.15) is 66.0 Å². The van der Waals surface area contributed by atoms with Gasteiger partial charge in [-0.25, -0.2) is 0 Å². The van der Waals surface area contributed by atoms with E-state index in [0.717, 1.165) is 23.3 Å². The molecule has 0 radical (unpaired) electrons.